The number of thioether (sulfide) groups is 1. The van der Waals surface area contributed by atoms with Crippen LogP contribution in [-0.4, -0.2) is 37.4 Å². The molecule has 0 saturated carbocycles. The number of hydrogen-bond acceptors (Lipinski definition) is 6. The van der Waals surface area contributed by atoms with Crippen molar-refractivity contribution in [1.29, 1.82) is 0 Å². The number of aryl methyl sites for hydroxylation is 1. The maximum atomic E-state index is 12.8. The van der Waals surface area contributed by atoms with E-state index in [9.17, 15) is 4.79 Å². The monoisotopic (exact) mass is 526 g/mol. The number of nitrogens with zero attached hydrogens (tertiary/aromatic N) is 1. The first-order valence-corrected chi connectivity index (χ1v) is 13.0. The summed E-state index contributed by atoms with van der Waals surface area (Å²) < 4.78 is 3.29. The van der Waals surface area contributed by atoms with Crippen LogP contribution in [0.2, 0.25) is 10.0 Å². The molecule has 33 heavy (non-hydrogen) atoms. The minimum Gasteiger partial charge on any atom is -0.336 e. The van der Waals surface area contributed by atoms with Crippen molar-refractivity contribution in [1.82, 2.24) is 20.3 Å². The molecule has 2 aromatic carbocycles. The largest absolute Gasteiger partial charge is 0.336 e. The van der Waals surface area contributed by atoms with Crippen LogP contribution in [0.15, 0.2) is 63.7 Å². The highest BCUT2D eigenvalue weighted by atomic mass is 35.5. The molecular weight excluding hydrogens is 495 g/mol. The summed E-state index contributed by atoms with van der Waals surface area (Å²) in [5.41, 5.74) is 1.13. The van der Waals surface area contributed by atoms with Gasteiger partial charge in [0.2, 0.25) is 0 Å². The van der Waals surface area contributed by atoms with Crippen LogP contribution in [-0.2, 0) is 4.79 Å². The van der Waals surface area contributed by atoms with Crippen LogP contribution in [0.4, 0.5) is 0 Å². The lowest BCUT2D eigenvalue weighted by molar-refractivity contribution is -0.117. The fourth-order valence-electron chi connectivity index (χ4n) is 2.85. The molecule has 0 heterocycles. The van der Waals surface area contributed by atoms with Gasteiger partial charge in [-0.3, -0.25) is 15.0 Å². The Labute approximate surface area is 216 Å². The Morgan fingerprint density at radius 2 is 1.85 bits per heavy atom. The van der Waals surface area contributed by atoms with Crippen LogP contribution in [0.3, 0.4) is 0 Å². The van der Waals surface area contributed by atoms with E-state index in [4.69, 9.17) is 23.2 Å². The lowest BCUT2D eigenvalue weighted by Gasteiger charge is -2.26. The quantitative estimate of drug-likeness (QED) is 0.126. The fourth-order valence-corrected chi connectivity index (χ4v) is 4.90. The lowest BCUT2D eigenvalue weighted by Crippen LogP contribution is -2.50. The molecule has 5 nitrogen and oxygen atoms in total. The van der Waals surface area contributed by atoms with Crippen molar-refractivity contribution in [3.05, 3.63) is 69.6 Å². The summed E-state index contributed by atoms with van der Waals surface area (Å²) in [4.78, 5) is 17.3. The van der Waals surface area contributed by atoms with Crippen molar-refractivity contribution in [2.75, 3.05) is 20.4 Å². The highest BCUT2D eigenvalue weighted by molar-refractivity contribution is 8.04. The summed E-state index contributed by atoms with van der Waals surface area (Å²) in [5.74, 6) is 0.265. The predicted octanol–water partition coefficient (Wildman–Crippen LogP) is 6.13. The first kappa shape index (κ1) is 28.1. The summed E-state index contributed by atoms with van der Waals surface area (Å²) >= 11 is 15.0. The number of amides is 1. The molecule has 0 aromatic heterocycles. The highest BCUT2D eigenvalue weighted by Crippen LogP contribution is 2.29. The molecule has 9 heteroatoms. The van der Waals surface area contributed by atoms with Crippen molar-refractivity contribution in [2.45, 2.75) is 43.1 Å². The molecule has 1 amide bonds. The summed E-state index contributed by atoms with van der Waals surface area (Å²) in [7, 11) is 1.99. The van der Waals surface area contributed by atoms with Crippen molar-refractivity contribution >= 4 is 52.8 Å². The van der Waals surface area contributed by atoms with E-state index in [-0.39, 0.29) is 12.1 Å². The first-order valence-electron chi connectivity index (χ1n) is 10.7. The molecule has 2 aromatic rings. The molecule has 0 aliphatic carbocycles. The molecule has 0 saturated heterocycles. The zero-order chi connectivity index (χ0) is 24.4. The van der Waals surface area contributed by atoms with Gasteiger partial charge in [-0.25, -0.2) is 4.72 Å². The van der Waals surface area contributed by atoms with Gasteiger partial charge in [0, 0.05) is 14.8 Å². The number of benzene rings is 2. The van der Waals surface area contributed by atoms with Gasteiger partial charge in [-0.2, -0.15) is 0 Å². The van der Waals surface area contributed by atoms with Crippen LogP contribution in [0.5, 0.6) is 0 Å². The third kappa shape index (κ3) is 10.3. The molecule has 3 N–H and O–H groups in total. The Hall–Kier alpha value is -1.19. The fraction of sp³-hybridized carbons (Fsp3) is 0.375. The second-order valence-corrected chi connectivity index (χ2v) is 11.1. The van der Waals surface area contributed by atoms with E-state index >= 15 is 0 Å². The molecule has 0 radical (unpaired) electrons. The smallest absolute Gasteiger partial charge is 0.258 e. The van der Waals surface area contributed by atoms with Crippen molar-refractivity contribution < 1.29 is 4.79 Å². The van der Waals surface area contributed by atoms with Gasteiger partial charge >= 0.3 is 0 Å². The Balaban J connectivity index is 1.81. The van der Waals surface area contributed by atoms with Crippen LogP contribution in [0.1, 0.15) is 25.8 Å². The van der Waals surface area contributed by atoms with Gasteiger partial charge in [-0.15, -0.1) is 0 Å². The van der Waals surface area contributed by atoms with Crippen LogP contribution >= 0.6 is 46.9 Å². The Morgan fingerprint density at radius 1 is 1.12 bits per heavy atom. The predicted molar refractivity (Wildman–Crippen MR) is 144 cm³/mol. The summed E-state index contributed by atoms with van der Waals surface area (Å²) in [6.07, 6.45) is 0.650. The number of halogens is 2. The molecule has 1 atom stereocenters. The molecule has 0 fully saturated rings. The maximum absolute atomic E-state index is 12.8. The van der Waals surface area contributed by atoms with E-state index in [0.717, 1.165) is 21.8 Å². The SMILES string of the molecule is C=C(Sc1ccccc1C)C(=O)N[C@@H](CC(C)C)NCN(C)CNSc1ccc(Cl)cc1Cl. The average molecular weight is 528 g/mol. The van der Waals surface area contributed by atoms with E-state index in [2.05, 4.69) is 40.7 Å². The van der Waals surface area contributed by atoms with Gasteiger partial charge in [-0.1, -0.05) is 73.6 Å². The molecule has 0 aliphatic heterocycles. The topological polar surface area (TPSA) is 56.4 Å². The highest BCUT2D eigenvalue weighted by Gasteiger charge is 2.17. The molecule has 0 aliphatic rings. The first-order chi connectivity index (χ1) is 15.7. The summed E-state index contributed by atoms with van der Waals surface area (Å²) in [6.45, 7) is 11.5. The summed E-state index contributed by atoms with van der Waals surface area (Å²) in [6, 6.07) is 13.4. The Kier molecular flexibility index (Phi) is 12.1. The van der Waals surface area contributed by atoms with E-state index in [1.807, 2.05) is 50.4 Å². The van der Waals surface area contributed by atoms with Crippen molar-refractivity contribution in [3.8, 4) is 0 Å². The van der Waals surface area contributed by atoms with E-state index in [1.165, 1.54) is 23.7 Å². The van der Waals surface area contributed by atoms with Gasteiger partial charge in [0.25, 0.3) is 5.91 Å². The molecular formula is C24H32Cl2N4OS2. The molecule has 180 valence electrons. The normalized spacial score (nSPS) is 12.2. The van der Waals surface area contributed by atoms with Crippen LogP contribution in [0, 0.1) is 12.8 Å². The van der Waals surface area contributed by atoms with E-state index in [0.29, 0.717) is 34.2 Å². The standard InChI is InChI=1S/C24H32Cl2N4OS2/c1-16(2)12-23(29-24(31)18(4)32-21-9-7-6-8-17(21)3)27-14-30(5)15-28-33-22-11-10-19(25)13-20(22)26/h6-11,13,16,23,27-28H,4,12,14-15H2,1-3,5H3,(H,29,31)/t23-/m0/s1. The number of nitrogens with one attached hydrogen (secondary N) is 3. The van der Waals surface area contributed by atoms with Gasteiger partial charge in [0.05, 0.1) is 29.4 Å². The number of carbonyl (C=O) groups excluding carboxylic acids is 1. The van der Waals surface area contributed by atoms with Crippen molar-refractivity contribution in [3.63, 3.8) is 0 Å². The van der Waals surface area contributed by atoms with Gasteiger partial charge in [-0.05, 0) is 68.1 Å². The summed E-state index contributed by atoms with van der Waals surface area (Å²) in [5, 5.41) is 7.75. The van der Waals surface area contributed by atoms with Gasteiger partial charge in [0.15, 0.2) is 0 Å². The number of carbonyl (C=O) groups is 1. The van der Waals surface area contributed by atoms with E-state index in [1.54, 1.807) is 6.07 Å². The minimum atomic E-state index is -0.160. The average Bonchev–Trinajstić information content (AvgIpc) is 2.74. The Bertz CT molecular complexity index is 942. The number of hydrogen-bond donors (Lipinski definition) is 3. The van der Waals surface area contributed by atoms with E-state index < -0.39 is 0 Å². The van der Waals surface area contributed by atoms with Gasteiger partial charge < -0.3 is 5.32 Å². The van der Waals surface area contributed by atoms with Crippen LogP contribution < -0.4 is 15.4 Å². The second-order valence-electron chi connectivity index (χ2n) is 8.14. The van der Waals surface area contributed by atoms with Crippen molar-refractivity contribution in [2.24, 2.45) is 5.92 Å². The van der Waals surface area contributed by atoms with Crippen LogP contribution in [0.25, 0.3) is 0 Å². The maximum Gasteiger partial charge on any atom is 0.258 e. The second kappa shape index (κ2) is 14.3. The molecule has 0 spiro atoms. The molecule has 2 rings (SSSR count). The number of rotatable bonds is 13. The third-order valence-corrected chi connectivity index (χ3v) is 7.23. The molecule has 0 unspecified atom stereocenters. The van der Waals surface area contributed by atoms with Gasteiger partial charge in [0.1, 0.15) is 0 Å². The molecule has 0 bridgehead atoms. The minimum absolute atomic E-state index is 0.157. The lowest BCUT2D eigenvalue weighted by atomic mass is 10.1. The zero-order valence-electron chi connectivity index (χ0n) is 19.5. The Morgan fingerprint density at radius 3 is 2.52 bits per heavy atom. The zero-order valence-corrected chi connectivity index (χ0v) is 22.6. The third-order valence-electron chi connectivity index (χ3n) is 4.61.